The highest BCUT2D eigenvalue weighted by Crippen LogP contribution is 2.24. The summed E-state index contributed by atoms with van der Waals surface area (Å²) in [7, 11) is 1.62. The Morgan fingerprint density at radius 3 is 2.58 bits per heavy atom. The summed E-state index contributed by atoms with van der Waals surface area (Å²) < 4.78 is 19.3. The summed E-state index contributed by atoms with van der Waals surface area (Å²) in [5, 5.41) is 3.10. The van der Waals surface area contributed by atoms with Gasteiger partial charge in [0.1, 0.15) is 11.6 Å². The van der Waals surface area contributed by atoms with Gasteiger partial charge in [0.25, 0.3) is 5.91 Å². The van der Waals surface area contributed by atoms with Gasteiger partial charge in [0.05, 0.1) is 18.7 Å². The lowest BCUT2D eigenvalue weighted by atomic mass is 10.0. The molecule has 2 aromatic carbocycles. The van der Waals surface area contributed by atoms with Crippen LogP contribution in [0.3, 0.4) is 0 Å². The van der Waals surface area contributed by atoms with Crippen molar-refractivity contribution in [1.82, 2.24) is 10.2 Å². The minimum Gasteiger partial charge on any atom is -0.497 e. The summed E-state index contributed by atoms with van der Waals surface area (Å²) in [5.41, 5.74) is 1.02. The molecule has 1 amide bonds. The third kappa shape index (κ3) is 4.96. The normalized spacial score (nSPS) is 12.1. The largest absolute Gasteiger partial charge is 0.497 e. The molecule has 0 radical (unpaired) electrons. The van der Waals surface area contributed by atoms with Crippen LogP contribution in [0.4, 0.5) is 4.39 Å². The highest BCUT2D eigenvalue weighted by molar-refractivity contribution is 6.30. The Morgan fingerprint density at radius 1 is 1.23 bits per heavy atom. The third-order valence-electron chi connectivity index (χ3n) is 4.36. The topological polar surface area (TPSA) is 41.6 Å². The number of likely N-dealkylation sites (N-methyl/N-ethyl adjacent to an activating group) is 1. The first-order valence-electron chi connectivity index (χ1n) is 8.61. The van der Waals surface area contributed by atoms with Crippen LogP contribution in [0.5, 0.6) is 5.75 Å². The molecule has 0 saturated carbocycles. The fourth-order valence-electron chi connectivity index (χ4n) is 2.93. The van der Waals surface area contributed by atoms with Crippen molar-refractivity contribution in [3.8, 4) is 5.75 Å². The van der Waals surface area contributed by atoms with Crippen LogP contribution in [0.2, 0.25) is 5.02 Å². The Balaban J connectivity index is 2.19. The van der Waals surface area contributed by atoms with Crippen LogP contribution >= 0.6 is 11.6 Å². The number of carbonyl (C=O) groups is 1. The van der Waals surface area contributed by atoms with Crippen molar-refractivity contribution in [1.29, 1.82) is 0 Å². The summed E-state index contributed by atoms with van der Waals surface area (Å²) >= 11 is 5.75. The molecule has 0 fully saturated rings. The molecule has 2 aromatic rings. The molecule has 0 spiro atoms. The van der Waals surface area contributed by atoms with E-state index >= 15 is 0 Å². The van der Waals surface area contributed by atoms with Crippen LogP contribution in [-0.4, -0.2) is 37.6 Å². The lowest BCUT2D eigenvalue weighted by Gasteiger charge is -2.30. The van der Waals surface area contributed by atoms with Crippen molar-refractivity contribution in [2.45, 2.75) is 19.9 Å². The third-order valence-corrected chi connectivity index (χ3v) is 4.60. The molecule has 0 aromatic heterocycles. The van der Waals surface area contributed by atoms with Crippen LogP contribution in [0.1, 0.15) is 35.8 Å². The smallest absolute Gasteiger partial charge is 0.254 e. The average Bonchev–Trinajstić information content (AvgIpc) is 2.65. The van der Waals surface area contributed by atoms with Crippen LogP contribution < -0.4 is 10.1 Å². The first-order chi connectivity index (χ1) is 12.5. The van der Waals surface area contributed by atoms with Gasteiger partial charge in [0.2, 0.25) is 0 Å². The van der Waals surface area contributed by atoms with E-state index in [4.69, 9.17) is 16.3 Å². The molecule has 0 bridgehead atoms. The van der Waals surface area contributed by atoms with Crippen LogP contribution in [0, 0.1) is 5.82 Å². The van der Waals surface area contributed by atoms with Gasteiger partial charge < -0.3 is 10.1 Å². The van der Waals surface area contributed by atoms with E-state index in [0.29, 0.717) is 6.54 Å². The van der Waals surface area contributed by atoms with Gasteiger partial charge in [-0.25, -0.2) is 4.39 Å². The molecular formula is C20H24ClFN2O2. The Hall–Kier alpha value is -2.11. The number of carbonyl (C=O) groups excluding carboxylic acids is 1. The number of rotatable bonds is 8. The van der Waals surface area contributed by atoms with Crippen molar-refractivity contribution in [2.24, 2.45) is 0 Å². The summed E-state index contributed by atoms with van der Waals surface area (Å²) in [4.78, 5) is 14.6. The van der Waals surface area contributed by atoms with E-state index in [2.05, 4.69) is 24.1 Å². The molecule has 2 rings (SSSR count). The second-order valence-corrected chi connectivity index (χ2v) is 6.28. The van der Waals surface area contributed by atoms with Crippen LogP contribution in [0.15, 0.2) is 42.5 Å². The maximum atomic E-state index is 14.0. The van der Waals surface area contributed by atoms with Gasteiger partial charge in [-0.3, -0.25) is 9.69 Å². The fraction of sp³-hybridized carbons (Fsp3) is 0.350. The highest BCUT2D eigenvalue weighted by Gasteiger charge is 2.20. The van der Waals surface area contributed by atoms with Gasteiger partial charge in [-0.15, -0.1) is 0 Å². The quantitative estimate of drug-likeness (QED) is 0.744. The summed E-state index contributed by atoms with van der Waals surface area (Å²) in [5.74, 6) is -0.329. The van der Waals surface area contributed by atoms with E-state index < -0.39 is 11.7 Å². The zero-order valence-corrected chi connectivity index (χ0v) is 16.0. The second-order valence-electron chi connectivity index (χ2n) is 5.85. The molecular weight excluding hydrogens is 355 g/mol. The Kier molecular flexibility index (Phi) is 7.42. The first kappa shape index (κ1) is 20.2. The Morgan fingerprint density at radius 2 is 1.96 bits per heavy atom. The van der Waals surface area contributed by atoms with Crippen molar-refractivity contribution in [3.05, 3.63) is 64.4 Å². The zero-order valence-electron chi connectivity index (χ0n) is 15.3. The zero-order chi connectivity index (χ0) is 19.1. The molecule has 6 heteroatoms. The van der Waals surface area contributed by atoms with E-state index in [1.165, 1.54) is 12.1 Å². The van der Waals surface area contributed by atoms with Gasteiger partial charge in [0, 0.05) is 11.6 Å². The van der Waals surface area contributed by atoms with E-state index in [-0.39, 0.29) is 16.6 Å². The van der Waals surface area contributed by atoms with Gasteiger partial charge in [-0.2, -0.15) is 0 Å². The van der Waals surface area contributed by atoms with Gasteiger partial charge in [-0.1, -0.05) is 37.6 Å². The number of benzene rings is 2. The van der Waals surface area contributed by atoms with E-state index in [1.54, 1.807) is 7.11 Å². The SMILES string of the molecule is CCN(CC)[C@H](CNC(=O)c1ccc(Cl)cc1F)c1cccc(OC)c1. The van der Waals surface area contributed by atoms with Crippen molar-refractivity contribution < 1.29 is 13.9 Å². The molecule has 0 saturated heterocycles. The van der Waals surface area contributed by atoms with Crippen LogP contribution in [0.25, 0.3) is 0 Å². The molecule has 0 unspecified atom stereocenters. The standard InChI is InChI=1S/C20H24ClFN2O2/c1-4-24(5-2)19(14-7-6-8-16(11-14)26-3)13-23-20(25)17-10-9-15(21)12-18(17)22/h6-12,19H,4-5,13H2,1-3H3,(H,23,25)/t19-/m1/s1. The number of nitrogens with zero attached hydrogens (tertiary/aromatic N) is 1. The molecule has 0 aliphatic carbocycles. The van der Waals surface area contributed by atoms with Gasteiger partial charge >= 0.3 is 0 Å². The fourth-order valence-corrected chi connectivity index (χ4v) is 3.09. The minimum atomic E-state index is -0.629. The molecule has 0 aliphatic rings. The molecule has 0 heterocycles. The number of hydrogen-bond acceptors (Lipinski definition) is 3. The predicted octanol–water partition coefficient (Wildman–Crippen LogP) is 4.30. The number of hydrogen-bond donors (Lipinski definition) is 1. The molecule has 1 atom stereocenters. The monoisotopic (exact) mass is 378 g/mol. The van der Waals surface area contributed by atoms with Crippen molar-refractivity contribution >= 4 is 17.5 Å². The number of amides is 1. The highest BCUT2D eigenvalue weighted by atomic mass is 35.5. The summed E-state index contributed by atoms with van der Waals surface area (Å²) in [6.07, 6.45) is 0. The number of ether oxygens (including phenoxy) is 1. The van der Waals surface area contributed by atoms with Gasteiger partial charge in [-0.05, 0) is 49.0 Å². The second kappa shape index (κ2) is 9.55. The van der Waals surface area contributed by atoms with E-state index in [0.717, 1.165) is 30.5 Å². The minimum absolute atomic E-state index is 0.0154. The Bertz CT molecular complexity index is 750. The predicted molar refractivity (Wildman–Crippen MR) is 102 cm³/mol. The lowest BCUT2D eigenvalue weighted by molar-refractivity contribution is 0.0931. The molecule has 4 nitrogen and oxygen atoms in total. The van der Waals surface area contributed by atoms with Crippen molar-refractivity contribution in [3.63, 3.8) is 0 Å². The first-order valence-corrected chi connectivity index (χ1v) is 8.99. The number of nitrogens with one attached hydrogen (secondary N) is 1. The molecule has 1 N–H and O–H groups in total. The van der Waals surface area contributed by atoms with Gasteiger partial charge in [0.15, 0.2) is 0 Å². The lowest BCUT2D eigenvalue weighted by Crippen LogP contribution is -2.38. The number of halogens is 2. The maximum Gasteiger partial charge on any atom is 0.254 e. The number of methoxy groups -OCH3 is 1. The van der Waals surface area contributed by atoms with Crippen LogP contribution in [-0.2, 0) is 0 Å². The van der Waals surface area contributed by atoms with E-state index in [1.807, 2.05) is 24.3 Å². The van der Waals surface area contributed by atoms with E-state index in [9.17, 15) is 9.18 Å². The molecule has 140 valence electrons. The summed E-state index contributed by atoms with van der Waals surface area (Å²) in [6, 6.07) is 11.8. The van der Waals surface area contributed by atoms with Crippen molar-refractivity contribution in [2.75, 3.05) is 26.7 Å². The average molecular weight is 379 g/mol. The molecule has 26 heavy (non-hydrogen) atoms. The summed E-state index contributed by atoms with van der Waals surface area (Å²) in [6.45, 7) is 6.14. The Labute approximate surface area is 158 Å². The molecule has 0 aliphatic heterocycles. The maximum absolute atomic E-state index is 14.0.